The van der Waals surface area contributed by atoms with Crippen molar-refractivity contribution in [1.29, 1.82) is 0 Å². The van der Waals surface area contributed by atoms with E-state index < -0.39 is 6.04 Å². The number of methoxy groups -OCH3 is 1. The molecule has 1 atom stereocenters. The van der Waals surface area contributed by atoms with Crippen LogP contribution < -0.4 is 9.47 Å². The standard InChI is InChI=1S/C29H27ClFN3O4/c1-3-4-13-38-23-12-7-18(14-24(23)37-2)28-25-26(21-15-19(30)8-11-22(21)35)32-33-27(25)29(36)34(28)16-17-5-9-20(31)10-6-17/h5-12,14-15,28,35H,3-4,13,16H2,1-2H3,(H,32,33). The Hall–Kier alpha value is -4.04. The van der Waals surface area contributed by atoms with Gasteiger partial charge in [0, 0.05) is 22.7 Å². The highest BCUT2D eigenvalue weighted by molar-refractivity contribution is 6.31. The van der Waals surface area contributed by atoms with E-state index in [-0.39, 0.29) is 24.0 Å². The first kappa shape index (κ1) is 25.6. The summed E-state index contributed by atoms with van der Waals surface area (Å²) in [5.41, 5.74) is 3.28. The van der Waals surface area contributed by atoms with Crippen LogP contribution in [0.2, 0.25) is 5.02 Å². The van der Waals surface area contributed by atoms with Gasteiger partial charge in [0.05, 0.1) is 19.8 Å². The number of ether oxygens (including phenoxy) is 2. The van der Waals surface area contributed by atoms with Crippen molar-refractivity contribution in [2.45, 2.75) is 32.4 Å². The van der Waals surface area contributed by atoms with Gasteiger partial charge in [-0.15, -0.1) is 0 Å². The number of benzene rings is 3. The van der Waals surface area contributed by atoms with Crippen molar-refractivity contribution in [3.05, 3.63) is 93.9 Å². The molecule has 0 spiro atoms. The number of aromatic amines is 1. The lowest BCUT2D eigenvalue weighted by Gasteiger charge is -2.27. The number of amides is 1. The molecule has 0 bridgehead atoms. The third-order valence-electron chi connectivity index (χ3n) is 6.60. The second-order valence-corrected chi connectivity index (χ2v) is 9.53. The first-order chi connectivity index (χ1) is 18.4. The van der Waals surface area contributed by atoms with Crippen LogP contribution in [0.25, 0.3) is 11.3 Å². The molecule has 2 N–H and O–H groups in total. The van der Waals surface area contributed by atoms with E-state index in [0.29, 0.717) is 45.6 Å². The Bertz CT molecular complexity index is 1470. The third-order valence-corrected chi connectivity index (χ3v) is 6.84. The summed E-state index contributed by atoms with van der Waals surface area (Å²) in [5, 5.41) is 18.3. The molecule has 0 saturated heterocycles. The molecule has 0 radical (unpaired) electrons. The molecule has 0 aliphatic carbocycles. The van der Waals surface area contributed by atoms with Gasteiger partial charge in [-0.2, -0.15) is 5.10 Å². The molecule has 1 amide bonds. The van der Waals surface area contributed by atoms with Gasteiger partial charge in [0.2, 0.25) is 0 Å². The molecule has 2 heterocycles. The first-order valence-corrected chi connectivity index (χ1v) is 12.7. The zero-order valence-corrected chi connectivity index (χ0v) is 21.8. The van der Waals surface area contributed by atoms with Crippen molar-refractivity contribution in [3.8, 4) is 28.5 Å². The largest absolute Gasteiger partial charge is 0.507 e. The van der Waals surface area contributed by atoms with Crippen molar-refractivity contribution in [2.75, 3.05) is 13.7 Å². The van der Waals surface area contributed by atoms with Crippen LogP contribution in [0.5, 0.6) is 17.2 Å². The minimum Gasteiger partial charge on any atom is -0.507 e. The molecule has 196 valence electrons. The fraction of sp³-hybridized carbons (Fsp3) is 0.241. The van der Waals surface area contributed by atoms with Crippen molar-refractivity contribution in [2.24, 2.45) is 0 Å². The molecule has 7 nitrogen and oxygen atoms in total. The smallest absolute Gasteiger partial charge is 0.273 e. The number of hydrogen-bond acceptors (Lipinski definition) is 5. The van der Waals surface area contributed by atoms with Crippen molar-refractivity contribution < 1.29 is 23.8 Å². The number of hydrogen-bond donors (Lipinski definition) is 2. The highest BCUT2D eigenvalue weighted by Gasteiger charge is 2.42. The Labute approximate surface area is 224 Å². The molecule has 0 saturated carbocycles. The molecule has 0 fully saturated rings. The van der Waals surface area contributed by atoms with Gasteiger partial charge in [-0.1, -0.05) is 43.1 Å². The van der Waals surface area contributed by atoms with E-state index >= 15 is 0 Å². The topological polar surface area (TPSA) is 87.7 Å². The van der Waals surface area contributed by atoms with Crippen LogP contribution in [0.1, 0.15) is 53.0 Å². The monoisotopic (exact) mass is 535 g/mol. The third kappa shape index (κ3) is 4.79. The van der Waals surface area contributed by atoms with Crippen molar-refractivity contribution >= 4 is 17.5 Å². The van der Waals surface area contributed by atoms with Crippen LogP contribution in [0, 0.1) is 5.82 Å². The van der Waals surface area contributed by atoms with E-state index in [4.69, 9.17) is 21.1 Å². The summed E-state index contributed by atoms with van der Waals surface area (Å²) in [5.74, 6) is 0.520. The number of phenolic OH excluding ortho intramolecular Hbond substituents is 1. The van der Waals surface area contributed by atoms with E-state index in [1.807, 2.05) is 18.2 Å². The number of unbranched alkanes of at least 4 members (excludes halogenated alkanes) is 1. The van der Waals surface area contributed by atoms with Gasteiger partial charge in [-0.05, 0) is 60.0 Å². The lowest BCUT2D eigenvalue weighted by atomic mass is 9.95. The van der Waals surface area contributed by atoms with E-state index in [0.717, 1.165) is 24.0 Å². The summed E-state index contributed by atoms with van der Waals surface area (Å²) in [6.45, 7) is 2.88. The van der Waals surface area contributed by atoms with E-state index in [2.05, 4.69) is 17.1 Å². The summed E-state index contributed by atoms with van der Waals surface area (Å²) < 4.78 is 25.1. The van der Waals surface area contributed by atoms with E-state index in [1.54, 1.807) is 36.3 Å². The maximum Gasteiger partial charge on any atom is 0.273 e. The maximum atomic E-state index is 13.7. The molecular formula is C29H27ClFN3O4. The Morgan fingerprint density at radius 3 is 2.63 bits per heavy atom. The van der Waals surface area contributed by atoms with Gasteiger partial charge in [0.1, 0.15) is 23.0 Å². The number of carbonyl (C=O) groups excluding carboxylic acids is 1. The molecule has 1 aliphatic heterocycles. The maximum absolute atomic E-state index is 13.7. The summed E-state index contributed by atoms with van der Waals surface area (Å²) in [6.07, 6.45) is 1.92. The number of carbonyl (C=O) groups is 1. The molecule has 4 aromatic rings. The number of aromatic nitrogens is 2. The van der Waals surface area contributed by atoms with Crippen molar-refractivity contribution in [1.82, 2.24) is 15.1 Å². The summed E-state index contributed by atoms with van der Waals surface area (Å²) in [4.78, 5) is 15.4. The average Bonchev–Trinajstić information content (AvgIpc) is 3.46. The van der Waals surface area contributed by atoms with Gasteiger partial charge in [-0.25, -0.2) is 4.39 Å². The number of halogens is 2. The molecule has 1 aromatic heterocycles. The number of nitrogens with zero attached hydrogens (tertiary/aromatic N) is 2. The molecule has 1 unspecified atom stereocenters. The van der Waals surface area contributed by atoms with Crippen LogP contribution in [-0.4, -0.2) is 39.8 Å². The number of H-pyrrole nitrogens is 1. The van der Waals surface area contributed by atoms with Crippen LogP contribution >= 0.6 is 11.6 Å². The second kappa shape index (κ2) is 10.8. The highest BCUT2D eigenvalue weighted by atomic mass is 35.5. The lowest BCUT2D eigenvalue weighted by Crippen LogP contribution is -2.29. The van der Waals surface area contributed by atoms with Gasteiger partial charge < -0.3 is 19.5 Å². The number of aromatic hydroxyl groups is 1. The second-order valence-electron chi connectivity index (χ2n) is 9.10. The van der Waals surface area contributed by atoms with Gasteiger partial charge in [-0.3, -0.25) is 9.89 Å². The van der Waals surface area contributed by atoms with Gasteiger partial charge >= 0.3 is 0 Å². The van der Waals surface area contributed by atoms with E-state index in [1.165, 1.54) is 18.2 Å². The fourth-order valence-corrected chi connectivity index (χ4v) is 4.87. The molecule has 38 heavy (non-hydrogen) atoms. The van der Waals surface area contributed by atoms with Crippen LogP contribution in [0.3, 0.4) is 0 Å². The number of nitrogens with one attached hydrogen (secondary N) is 1. The number of phenols is 1. The number of rotatable bonds is 9. The average molecular weight is 536 g/mol. The molecule has 5 rings (SSSR count). The summed E-state index contributed by atoms with van der Waals surface area (Å²) in [6, 6.07) is 15.7. The molecule has 1 aliphatic rings. The number of fused-ring (bicyclic) bond motifs is 1. The molecular weight excluding hydrogens is 509 g/mol. The van der Waals surface area contributed by atoms with Crippen LogP contribution in [0.4, 0.5) is 4.39 Å². The van der Waals surface area contributed by atoms with Crippen LogP contribution in [-0.2, 0) is 6.54 Å². The summed E-state index contributed by atoms with van der Waals surface area (Å²) >= 11 is 6.24. The van der Waals surface area contributed by atoms with Crippen LogP contribution in [0.15, 0.2) is 60.7 Å². The quantitative estimate of drug-likeness (QED) is 0.239. The van der Waals surface area contributed by atoms with Crippen molar-refractivity contribution in [3.63, 3.8) is 0 Å². The normalized spacial score (nSPS) is 14.6. The first-order valence-electron chi connectivity index (χ1n) is 12.3. The Morgan fingerprint density at radius 2 is 1.89 bits per heavy atom. The SMILES string of the molecule is CCCCOc1ccc(C2c3c(-c4cc(Cl)ccc4O)n[nH]c3C(=O)N2Cc2ccc(F)cc2)cc1OC. The molecule has 9 heteroatoms. The van der Waals surface area contributed by atoms with E-state index in [9.17, 15) is 14.3 Å². The Balaban J connectivity index is 1.63. The van der Waals surface area contributed by atoms with Gasteiger partial charge in [0.25, 0.3) is 5.91 Å². The zero-order chi connectivity index (χ0) is 26.8. The predicted molar refractivity (Wildman–Crippen MR) is 142 cm³/mol. The minimum absolute atomic E-state index is 0.0101. The van der Waals surface area contributed by atoms with Gasteiger partial charge in [0.15, 0.2) is 11.5 Å². The molecule has 3 aromatic carbocycles. The Morgan fingerprint density at radius 1 is 1.11 bits per heavy atom. The highest BCUT2D eigenvalue weighted by Crippen LogP contribution is 2.46. The Kier molecular flexibility index (Phi) is 7.24. The predicted octanol–water partition coefficient (Wildman–Crippen LogP) is 6.51. The lowest BCUT2D eigenvalue weighted by molar-refractivity contribution is 0.0730. The minimum atomic E-state index is -0.576. The fourth-order valence-electron chi connectivity index (χ4n) is 4.70. The zero-order valence-electron chi connectivity index (χ0n) is 21.0. The summed E-state index contributed by atoms with van der Waals surface area (Å²) in [7, 11) is 1.57.